The highest BCUT2D eigenvalue weighted by atomic mass is 32.2. The zero-order valence-corrected chi connectivity index (χ0v) is 11.4. The van der Waals surface area contributed by atoms with E-state index in [1.165, 1.54) is 0 Å². The molecule has 8 heteroatoms. The minimum atomic E-state index is -3.91. The molecule has 17 heavy (non-hydrogen) atoms. The molecule has 0 aliphatic rings. The predicted molar refractivity (Wildman–Crippen MR) is 64.5 cm³/mol. The molecule has 0 fully saturated rings. The maximum absolute atomic E-state index is 11.4. The Morgan fingerprint density at radius 3 is 2.24 bits per heavy atom. The van der Waals surface area contributed by atoms with Crippen LogP contribution >= 0.6 is 0 Å². The van der Waals surface area contributed by atoms with Gasteiger partial charge in [0.15, 0.2) is 0 Å². The van der Waals surface area contributed by atoms with Crippen LogP contribution in [0.4, 0.5) is 4.79 Å². The molecule has 0 aromatic heterocycles. The molecule has 1 unspecified atom stereocenters. The fourth-order valence-corrected chi connectivity index (χ4v) is 1.58. The minimum absolute atomic E-state index is 0.0575. The summed E-state index contributed by atoms with van der Waals surface area (Å²) < 4.78 is 31.3. The molecule has 0 spiro atoms. The van der Waals surface area contributed by atoms with Crippen LogP contribution in [0.2, 0.25) is 0 Å². The summed E-state index contributed by atoms with van der Waals surface area (Å²) in [6, 6.07) is -0.312. The van der Waals surface area contributed by atoms with Crippen LogP contribution in [0.1, 0.15) is 27.7 Å². The van der Waals surface area contributed by atoms with Gasteiger partial charge in [-0.1, -0.05) is 13.8 Å². The summed E-state index contributed by atoms with van der Waals surface area (Å²) in [7, 11) is -3.91. The van der Waals surface area contributed by atoms with Crippen molar-refractivity contribution in [1.82, 2.24) is 9.44 Å². The Kier molecular flexibility index (Phi) is 6.43. The number of nitrogens with one attached hydrogen (secondary N) is 2. The zero-order valence-electron chi connectivity index (χ0n) is 10.6. The number of hydrogen-bond acceptors (Lipinski definition) is 5. The van der Waals surface area contributed by atoms with Gasteiger partial charge in [0.2, 0.25) is 0 Å². The lowest BCUT2D eigenvalue weighted by molar-refractivity contribution is 0.121. The van der Waals surface area contributed by atoms with Crippen LogP contribution in [0.5, 0.6) is 0 Å². The highest BCUT2D eigenvalue weighted by molar-refractivity contribution is 7.88. The molecular formula is C9H21N3O4S. The van der Waals surface area contributed by atoms with E-state index in [0.717, 1.165) is 0 Å². The average molecular weight is 267 g/mol. The molecule has 0 bridgehead atoms. The molecule has 0 aliphatic heterocycles. The van der Waals surface area contributed by atoms with E-state index in [0.29, 0.717) is 0 Å². The standard InChI is InChI=1S/C9H21N3O4S/c1-6(2)8(10)5-11-17(14,15)12-9(13)16-7(3)4/h6-8,11H,5,10H2,1-4H3,(H,12,13). The minimum Gasteiger partial charge on any atom is -0.446 e. The van der Waals surface area contributed by atoms with Crippen molar-refractivity contribution in [3.05, 3.63) is 0 Å². The van der Waals surface area contributed by atoms with E-state index >= 15 is 0 Å². The summed E-state index contributed by atoms with van der Waals surface area (Å²) in [5.74, 6) is 0.139. The third kappa shape index (κ3) is 7.94. The Bertz CT molecular complexity index is 340. The Hall–Kier alpha value is -0.860. The van der Waals surface area contributed by atoms with Crippen LogP contribution in [0, 0.1) is 5.92 Å². The summed E-state index contributed by atoms with van der Waals surface area (Å²) in [5, 5.41) is 0. The van der Waals surface area contributed by atoms with Gasteiger partial charge in [0.25, 0.3) is 0 Å². The van der Waals surface area contributed by atoms with Crippen LogP contribution in [0.25, 0.3) is 0 Å². The summed E-state index contributed by atoms with van der Waals surface area (Å²) in [6.45, 7) is 7.05. The number of amides is 1. The highest BCUT2D eigenvalue weighted by Gasteiger charge is 2.18. The van der Waals surface area contributed by atoms with Gasteiger partial charge in [0.05, 0.1) is 6.10 Å². The fourth-order valence-electron chi connectivity index (χ4n) is 0.826. The van der Waals surface area contributed by atoms with Gasteiger partial charge in [-0.2, -0.15) is 13.1 Å². The van der Waals surface area contributed by atoms with Crippen molar-refractivity contribution in [2.45, 2.75) is 39.8 Å². The van der Waals surface area contributed by atoms with Gasteiger partial charge in [-0.25, -0.2) is 9.52 Å². The molecule has 7 nitrogen and oxygen atoms in total. The number of ether oxygens (including phenoxy) is 1. The SMILES string of the molecule is CC(C)OC(=O)NS(=O)(=O)NCC(N)C(C)C. The molecule has 0 aliphatic carbocycles. The van der Waals surface area contributed by atoms with E-state index in [4.69, 9.17) is 5.73 Å². The third-order valence-corrected chi connectivity index (χ3v) is 2.91. The highest BCUT2D eigenvalue weighted by Crippen LogP contribution is 1.97. The van der Waals surface area contributed by atoms with Gasteiger partial charge in [-0.05, 0) is 19.8 Å². The van der Waals surface area contributed by atoms with Gasteiger partial charge < -0.3 is 10.5 Å². The van der Waals surface area contributed by atoms with E-state index in [-0.39, 0.29) is 24.6 Å². The first kappa shape index (κ1) is 16.1. The zero-order chi connectivity index (χ0) is 13.6. The van der Waals surface area contributed by atoms with E-state index in [9.17, 15) is 13.2 Å². The van der Waals surface area contributed by atoms with E-state index in [1.807, 2.05) is 13.8 Å². The van der Waals surface area contributed by atoms with Gasteiger partial charge in [0, 0.05) is 12.6 Å². The Balaban J connectivity index is 4.17. The first-order valence-electron chi connectivity index (χ1n) is 5.37. The maximum atomic E-state index is 11.4. The summed E-state index contributed by atoms with van der Waals surface area (Å²) >= 11 is 0. The molecule has 4 N–H and O–H groups in total. The topological polar surface area (TPSA) is 111 Å². The largest absolute Gasteiger partial charge is 0.446 e. The van der Waals surface area contributed by atoms with Crippen molar-refractivity contribution >= 4 is 16.3 Å². The smallest absolute Gasteiger partial charge is 0.422 e. The molecule has 102 valence electrons. The molecular weight excluding hydrogens is 246 g/mol. The number of nitrogens with two attached hydrogens (primary N) is 1. The lowest BCUT2D eigenvalue weighted by Gasteiger charge is -2.16. The fraction of sp³-hybridized carbons (Fsp3) is 0.889. The van der Waals surface area contributed by atoms with E-state index in [1.54, 1.807) is 18.6 Å². The summed E-state index contributed by atoms with van der Waals surface area (Å²) in [5.41, 5.74) is 5.66. The first-order valence-corrected chi connectivity index (χ1v) is 6.86. The molecule has 0 aromatic rings. The van der Waals surface area contributed by atoms with Crippen molar-refractivity contribution in [3.8, 4) is 0 Å². The molecule has 1 atom stereocenters. The van der Waals surface area contributed by atoms with Crippen molar-refractivity contribution in [3.63, 3.8) is 0 Å². The number of rotatable bonds is 6. The lowest BCUT2D eigenvalue weighted by atomic mass is 10.1. The van der Waals surface area contributed by atoms with Crippen molar-refractivity contribution in [1.29, 1.82) is 0 Å². The maximum Gasteiger partial charge on any atom is 0.422 e. The quantitative estimate of drug-likeness (QED) is 0.624. The van der Waals surface area contributed by atoms with Crippen LogP contribution in [0.15, 0.2) is 0 Å². The van der Waals surface area contributed by atoms with Gasteiger partial charge in [0.1, 0.15) is 0 Å². The molecule has 0 rings (SSSR count). The first-order chi connectivity index (χ1) is 7.64. The van der Waals surface area contributed by atoms with Crippen molar-refractivity contribution in [2.24, 2.45) is 11.7 Å². The molecule has 0 saturated heterocycles. The third-order valence-electron chi connectivity index (χ3n) is 1.93. The van der Waals surface area contributed by atoms with E-state index < -0.39 is 16.3 Å². The lowest BCUT2D eigenvalue weighted by Crippen LogP contribution is -2.46. The Morgan fingerprint density at radius 2 is 1.82 bits per heavy atom. The molecule has 0 aromatic carbocycles. The van der Waals surface area contributed by atoms with Crippen LogP contribution in [-0.4, -0.2) is 33.2 Å². The number of carbonyl (C=O) groups is 1. The monoisotopic (exact) mass is 267 g/mol. The number of carbonyl (C=O) groups excluding carboxylic acids is 1. The van der Waals surface area contributed by atoms with Gasteiger partial charge in [-0.3, -0.25) is 0 Å². The Morgan fingerprint density at radius 1 is 1.29 bits per heavy atom. The Labute approximate surface area is 102 Å². The van der Waals surface area contributed by atoms with Crippen LogP contribution < -0.4 is 15.2 Å². The van der Waals surface area contributed by atoms with Crippen LogP contribution in [-0.2, 0) is 14.9 Å². The van der Waals surface area contributed by atoms with Gasteiger partial charge in [-0.15, -0.1) is 0 Å². The van der Waals surface area contributed by atoms with Gasteiger partial charge >= 0.3 is 16.3 Å². The molecule has 0 heterocycles. The second-order valence-electron chi connectivity index (χ2n) is 4.32. The molecule has 0 radical (unpaired) electrons. The molecule has 1 amide bonds. The normalized spacial score (nSPS) is 13.8. The average Bonchev–Trinajstić information content (AvgIpc) is 2.11. The second kappa shape index (κ2) is 6.77. The summed E-state index contributed by atoms with van der Waals surface area (Å²) in [6.07, 6.45) is -1.39. The second-order valence-corrected chi connectivity index (χ2v) is 5.82. The predicted octanol–water partition coefficient (Wildman–Crippen LogP) is -0.0613. The number of hydrogen-bond donors (Lipinski definition) is 3. The van der Waals surface area contributed by atoms with Crippen molar-refractivity contribution in [2.75, 3.05) is 6.54 Å². The van der Waals surface area contributed by atoms with E-state index in [2.05, 4.69) is 9.46 Å². The summed E-state index contributed by atoms with van der Waals surface area (Å²) in [4.78, 5) is 11.1. The van der Waals surface area contributed by atoms with Crippen molar-refractivity contribution < 1.29 is 17.9 Å². The molecule has 0 saturated carbocycles. The van der Waals surface area contributed by atoms with Crippen LogP contribution in [0.3, 0.4) is 0 Å².